The van der Waals surface area contributed by atoms with Crippen LogP contribution in [0.4, 0.5) is 0 Å². The molecule has 0 bridgehead atoms. The highest BCUT2D eigenvalue weighted by Gasteiger charge is 2.22. The second-order valence-electron chi connectivity index (χ2n) is 9.62. The first kappa shape index (κ1) is 22.3. The van der Waals surface area contributed by atoms with Gasteiger partial charge >= 0.3 is 0 Å². The molecule has 0 spiro atoms. The van der Waals surface area contributed by atoms with Gasteiger partial charge in [-0.3, -0.25) is 0 Å². The van der Waals surface area contributed by atoms with E-state index in [0.717, 1.165) is 33.9 Å². The zero-order valence-electron chi connectivity index (χ0n) is 21.0. The highest BCUT2D eigenvalue weighted by molar-refractivity contribution is 5.97. The second kappa shape index (κ2) is 9.49. The Morgan fingerprint density at radius 2 is 1.03 bits per heavy atom. The quantitative estimate of drug-likeness (QED) is 0.237. The van der Waals surface area contributed by atoms with Gasteiger partial charge < -0.3 is 4.57 Å². The van der Waals surface area contributed by atoms with E-state index < -0.39 is 0 Å². The van der Waals surface area contributed by atoms with Crippen molar-refractivity contribution in [1.29, 1.82) is 0 Å². The SMILES string of the molecule is c1ccc(-c2nc(-c3cccc4ccccc34)n(Cc3cccc4ccccc34)c2-c2ccccc2)cc1. The predicted octanol–water partition coefficient (Wildman–Crippen LogP) is 9.24. The van der Waals surface area contributed by atoms with Crippen molar-refractivity contribution in [1.82, 2.24) is 9.55 Å². The molecule has 0 fully saturated rings. The van der Waals surface area contributed by atoms with Crippen LogP contribution in [0.1, 0.15) is 5.56 Å². The van der Waals surface area contributed by atoms with Crippen LogP contribution in [0.25, 0.3) is 55.4 Å². The number of imidazole rings is 1. The lowest BCUT2D eigenvalue weighted by atomic mass is 10.0. The van der Waals surface area contributed by atoms with Gasteiger partial charge in [0.1, 0.15) is 5.82 Å². The summed E-state index contributed by atoms with van der Waals surface area (Å²) < 4.78 is 2.42. The fourth-order valence-corrected chi connectivity index (χ4v) is 5.52. The molecule has 0 aliphatic rings. The molecule has 0 atom stereocenters. The summed E-state index contributed by atoms with van der Waals surface area (Å²) in [7, 11) is 0. The Balaban J connectivity index is 1.56. The Morgan fingerprint density at radius 1 is 0.474 bits per heavy atom. The molecule has 2 heteroatoms. The minimum atomic E-state index is 0.712. The van der Waals surface area contributed by atoms with Gasteiger partial charge in [0, 0.05) is 16.7 Å². The zero-order chi connectivity index (χ0) is 25.3. The summed E-state index contributed by atoms with van der Waals surface area (Å²) in [5.41, 5.74) is 6.82. The number of nitrogens with zero attached hydrogens (tertiary/aromatic N) is 2. The first-order chi connectivity index (χ1) is 18.9. The highest BCUT2D eigenvalue weighted by Crippen LogP contribution is 2.39. The summed E-state index contributed by atoms with van der Waals surface area (Å²) in [5.74, 6) is 0.979. The Labute approximate surface area is 222 Å². The summed E-state index contributed by atoms with van der Waals surface area (Å²) in [4.78, 5) is 5.42. The van der Waals surface area contributed by atoms with E-state index in [2.05, 4.69) is 150 Å². The average Bonchev–Trinajstić information content (AvgIpc) is 3.37. The van der Waals surface area contributed by atoms with Crippen molar-refractivity contribution in [2.24, 2.45) is 0 Å². The van der Waals surface area contributed by atoms with E-state index in [1.165, 1.54) is 27.1 Å². The number of hydrogen-bond acceptors (Lipinski definition) is 1. The van der Waals surface area contributed by atoms with Gasteiger partial charge in [-0.25, -0.2) is 4.98 Å². The number of fused-ring (bicyclic) bond motifs is 2. The Kier molecular flexibility index (Phi) is 5.56. The van der Waals surface area contributed by atoms with Crippen molar-refractivity contribution < 1.29 is 0 Å². The molecule has 1 aromatic heterocycles. The van der Waals surface area contributed by atoms with Crippen LogP contribution in [0.3, 0.4) is 0 Å². The monoisotopic (exact) mass is 486 g/mol. The predicted molar refractivity (Wildman–Crippen MR) is 159 cm³/mol. The molecule has 0 radical (unpaired) electrons. The maximum Gasteiger partial charge on any atom is 0.142 e. The zero-order valence-corrected chi connectivity index (χ0v) is 21.0. The van der Waals surface area contributed by atoms with Crippen LogP contribution in [-0.2, 0) is 6.54 Å². The molecule has 7 rings (SSSR count). The normalized spacial score (nSPS) is 11.3. The lowest BCUT2D eigenvalue weighted by Gasteiger charge is -2.16. The topological polar surface area (TPSA) is 17.8 Å². The molecule has 38 heavy (non-hydrogen) atoms. The summed E-state index contributed by atoms with van der Waals surface area (Å²) in [6.07, 6.45) is 0. The van der Waals surface area contributed by atoms with E-state index in [1.54, 1.807) is 0 Å². The Hall–Kier alpha value is -4.95. The number of aromatic nitrogens is 2. The molecule has 6 aromatic carbocycles. The van der Waals surface area contributed by atoms with Crippen LogP contribution in [0.2, 0.25) is 0 Å². The van der Waals surface area contributed by atoms with Gasteiger partial charge in [-0.05, 0) is 27.1 Å². The summed E-state index contributed by atoms with van der Waals surface area (Å²) >= 11 is 0. The Bertz CT molecular complexity index is 1870. The molecule has 2 nitrogen and oxygen atoms in total. The third-order valence-electron chi connectivity index (χ3n) is 7.30. The van der Waals surface area contributed by atoms with Crippen LogP contribution in [0, 0.1) is 0 Å². The van der Waals surface area contributed by atoms with Gasteiger partial charge in [0.2, 0.25) is 0 Å². The fourth-order valence-electron chi connectivity index (χ4n) is 5.52. The molecule has 0 saturated carbocycles. The van der Waals surface area contributed by atoms with E-state index in [0.29, 0.717) is 6.54 Å². The maximum absolute atomic E-state index is 5.42. The van der Waals surface area contributed by atoms with E-state index in [9.17, 15) is 0 Å². The van der Waals surface area contributed by atoms with Gasteiger partial charge in [0.15, 0.2) is 0 Å². The van der Waals surface area contributed by atoms with E-state index in [1.807, 2.05) is 0 Å². The van der Waals surface area contributed by atoms with Crippen LogP contribution in [0.5, 0.6) is 0 Å². The van der Waals surface area contributed by atoms with Crippen molar-refractivity contribution in [3.63, 3.8) is 0 Å². The molecule has 0 aliphatic heterocycles. The van der Waals surface area contributed by atoms with Crippen LogP contribution in [0.15, 0.2) is 146 Å². The molecule has 1 heterocycles. The van der Waals surface area contributed by atoms with E-state index in [4.69, 9.17) is 4.98 Å². The van der Waals surface area contributed by atoms with Crippen molar-refractivity contribution in [3.05, 3.63) is 151 Å². The summed E-state index contributed by atoms with van der Waals surface area (Å²) in [5, 5.41) is 4.94. The third kappa shape index (κ3) is 3.88. The van der Waals surface area contributed by atoms with Crippen molar-refractivity contribution in [2.75, 3.05) is 0 Å². The molecule has 0 amide bonds. The standard InChI is InChI=1S/C36H26N2/c1-3-15-28(16-4-1)34-35(29-17-5-2-6-18-29)38(25-30-21-11-19-26-13-7-9-22-31(26)30)36(37-34)33-24-12-20-27-14-8-10-23-32(27)33/h1-24H,25H2. The van der Waals surface area contributed by atoms with Crippen LogP contribution in [-0.4, -0.2) is 9.55 Å². The maximum atomic E-state index is 5.42. The molecule has 0 aliphatic carbocycles. The Morgan fingerprint density at radius 3 is 1.76 bits per heavy atom. The summed E-state index contributed by atoms with van der Waals surface area (Å²) in [6.45, 7) is 0.712. The first-order valence-electron chi connectivity index (χ1n) is 13.0. The number of rotatable bonds is 5. The molecule has 180 valence electrons. The van der Waals surface area contributed by atoms with Gasteiger partial charge in [0.05, 0.1) is 17.9 Å². The molecule has 0 unspecified atom stereocenters. The average molecular weight is 487 g/mol. The smallest absolute Gasteiger partial charge is 0.142 e. The van der Waals surface area contributed by atoms with Gasteiger partial charge in [-0.15, -0.1) is 0 Å². The fraction of sp³-hybridized carbons (Fsp3) is 0.0278. The van der Waals surface area contributed by atoms with Crippen LogP contribution < -0.4 is 0 Å². The molecular formula is C36H26N2. The molecular weight excluding hydrogens is 460 g/mol. The second-order valence-corrected chi connectivity index (χ2v) is 9.62. The lowest BCUT2D eigenvalue weighted by molar-refractivity contribution is 0.821. The summed E-state index contributed by atoms with van der Waals surface area (Å²) in [6, 6.07) is 51.5. The van der Waals surface area contributed by atoms with E-state index >= 15 is 0 Å². The molecule has 0 saturated heterocycles. The number of benzene rings is 6. The third-order valence-corrected chi connectivity index (χ3v) is 7.30. The number of hydrogen-bond donors (Lipinski definition) is 0. The van der Waals surface area contributed by atoms with Gasteiger partial charge in [-0.1, -0.05) is 146 Å². The lowest BCUT2D eigenvalue weighted by Crippen LogP contribution is -2.05. The molecule has 7 aromatic rings. The minimum absolute atomic E-state index is 0.712. The minimum Gasteiger partial charge on any atom is -0.319 e. The van der Waals surface area contributed by atoms with Crippen LogP contribution >= 0.6 is 0 Å². The van der Waals surface area contributed by atoms with Crippen molar-refractivity contribution in [2.45, 2.75) is 6.54 Å². The van der Waals surface area contributed by atoms with Crippen molar-refractivity contribution >= 4 is 21.5 Å². The van der Waals surface area contributed by atoms with Gasteiger partial charge in [0.25, 0.3) is 0 Å². The first-order valence-corrected chi connectivity index (χ1v) is 13.0. The largest absolute Gasteiger partial charge is 0.319 e. The van der Waals surface area contributed by atoms with E-state index in [-0.39, 0.29) is 0 Å². The molecule has 0 N–H and O–H groups in total. The van der Waals surface area contributed by atoms with Crippen molar-refractivity contribution in [3.8, 4) is 33.9 Å². The highest BCUT2D eigenvalue weighted by atomic mass is 15.1. The van der Waals surface area contributed by atoms with Gasteiger partial charge in [-0.2, -0.15) is 0 Å².